The van der Waals surface area contributed by atoms with Gasteiger partial charge in [-0.05, 0) is 35.9 Å². The second kappa shape index (κ2) is 8.43. The lowest BCUT2D eigenvalue weighted by Crippen LogP contribution is -2.42. The van der Waals surface area contributed by atoms with Crippen molar-refractivity contribution in [3.8, 4) is 11.5 Å². The molecule has 2 amide bonds. The lowest BCUT2D eigenvalue weighted by molar-refractivity contribution is -0.119. The molecule has 0 atom stereocenters. The first kappa shape index (κ1) is 17.2. The molecule has 1 heterocycles. The van der Waals surface area contributed by atoms with Crippen LogP contribution in [0.4, 0.5) is 0 Å². The molecule has 0 unspecified atom stereocenters. The Morgan fingerprint density at radius 2 is 1.80 bits per heavy atom. The van der Waals surface area contributed by atoms with Crippen LogP contribution >= 0.6 is 11.8 Å². The molecule has 0 saturated carbocycles. The van der Waals surface area contributed by atoms with Gasteiger partial charge in [-0.15, -0.1) is 0 Å². The first-order chi connectivity index (χ1) is 12.2. The molecule has 2 N–H and O–H groups in total. The Morgan fingerprint density at radius 3 is 2.64 bits per heavy atom. The summed E-state index contributed by atoms with van der Waals surface area (Å²) in [5, 5.41) is 0. The first-order valence-corrected chi connectivity index (χ1v) is 8.98. The fourth-order valence-corrected chi connectivity index (χ4v) is 3.05. The maximum atomic E-state index is 12.0. The van der Waals surface area contributed by atoms with Gasteiger partial charge in [0.25, 0.3) is 5.91 Å². The first-order valence-electron chi connectivity index (χ1n) is 7.83. The standard InChI is InChI=1S/C18H18N2O4S/c21-17(11-25-9-8-13-4-2-1-3-5-13)19-20-18(22)14-6-7-15-16(10-14)24-12-23-15/h1-7,10H,8-9,11-12H2,(H,19,21)(H,20,22). The summed E-state index contributed by atoms with van der Waals surface area (Å²) in [7, 11) is 0. The summed E-state index contributed by atoms with van der Waals surface area (Å²) in [6.45, 7) is 0.150. The van der Waals surface area contributed by atoms with E-state index in [9.17, 15) is 9.59 Å². The molecule has 25 heavy (non-hydrogen) atoms. The van der Waals surface area contributed by atoms with Crippen LogP contribution in [0.2, 0.25) is 0 Å². The maximum absolute atomic E-state index is 12.0. The van der Waals surface area contributed by atoms with Crippen LogP contribution in [0.15, 0.2) is 48.5 Å². The zero-order chi connectivity index (χ0) is 17.5. The summed E-state index contributed by atoms with van der Waals surface area (Å²) in [5.41, 5.74) is 6.45. The molecule has 0 aliphatic carbocycles. The number of carbonyl (C=O) groups excluding carboxylic acids is 2. The Balaban J connectivity index is 1.36. The minimum atomic E-state index is -0.402. The number of carbonyl (C=O) groups is 2. The number of ether oxygens (including phenoxy) is 2. The highest BCUT2D eigenvalue weighted by atomic mass is 32.2. The predicted octanol–water partition coefficient (Wildman–Crippen LogP) is 2.15. The van der Waals surface area contributed by atoms with Gasteiger partial charge in [-0.1, -0.05) is 30.3 Å². The Kier molecular flexibility index (Phi) is 5.79. The highest BCUT2D eigenvalue weighted by molar-refractivity contribution is 7.99. The van der Waals surface area contributed by atoms with Gasteiger partial charge in [0.05, 0.1) is 5.75 Å². The fourth-order valence-electron chi connectivity index (χ4n) is 2.27. The lowest BCUT2D eigenvalue weighted by Gasteiger charge is -2.08. The van der Waals surface area contributed by atoms with Crippen molar-refractivity contribution >= 4 is 23.6 Å². The SMILES string of the molecule is O=C(CSCCc1ccccc1)NNC(=O)c1ccc2c(c1)OCO2. The Bertz CT molecular complexity index is 752. The molecule has 0 saturated heterocycles. The second-order valence-corrected chi connectivity index (χ2v) is 6.46. The van der Waals surface area contributed by atoms with E-state index in [1.807, 2.05) is 18.2 Å². The number of hydrazine groups is 1. The molecule has 0 aromatic heterocycles. The van der Waals surface area contributed by atoms with E-state index in [0.717, 1.165) is 12.2 Å². The van der Waals surface area contributed by atoms with E-state index in [1.165, 1.54) is 17.3 Å². The summed E-state index contributed by atoms with van der Waals surface area (Å²) in [5.74, 6) is 1.61. The molecule has 2 aromatic rings. The van der Waals surface area contributed by atoms with Gasteiger partial charge < -0.3 is 9.47 Å². The number of hydrogen-bond donors (Lipinski definition) is 2. The predicted molar refractivity (Wildman–Crippen MR) is 95.6 cm³/mol. The van der Waals surface area contributed by atoms with E-state index in [2.05, 4.69) is 23.0 Å². The van der Waals surface area contributed by atoms with Gasteiger partial charge in [0, 0.05) is 5.56 Å². The van der Waals surface area contributed by atoms with Gasteiger partial charge in [0.2, 0.25) is 12.7 Å². The Hall–Kier alpha value is -2.67. The summed E-state index contributed by atoms with van der Waals surface area (Å²) in [6, 6.07) is 15.0. The van der Waals surface area contributed by atoms with Gasteiger partial charge in [-0.3, -0.25) is 20.4 Å². The quantitative estimate of drug-likeness (QED) is 0.611. The Morgan fingerprint density at radius 1 is 1.00 bits per heavy atom. The lowest BCUT2D eigenvalue weighted by atomic mass is 10.2. The van der Waals surface area contributed by atoms with Gasteiger partial charge in [-0.25, -0.2) is 0 Å². The van der Waals surface area contributed by atoms with Crippen molar-refractivity contribution in [2.75, 3.05) is 18.3 Å². The van der Waals surface area contributed by atoms with Crippen LogP contribution in [-0.2, 0) is 11.2 Å². The number of benzene rings is 2. The number of fused-ring (bicyclic) bond motifs is 1. The number of amides is 2. The summed E-state index contributed by atoms with van der Waals surface area (Å²) >= 11 is 1.52. The van der Waals surface area contributed by atoms with Crippen molar-refractivity contribution in [3.05, 3.63) is 59.7 Å². The largest absolute Gasteiger partial charge is 0.454 e. The normalized spacial score (nSPS) is 11.8. The molecule has 0 radical (unpaired) electrons. The van der Waals surface area contributed by atoms with E-state index >= 15 is 0 Å². The average molecular weight is 358 g/mol. The third-order valence-electron chi connectivity index (χ3n) is 3.56. The van der Waals surface area contributed by atoms with Crippen molar-refractivity contribution in [1.82, 2.24) is 10.9 Å². The number of rotatable bonds is 6. The number of hydrogen-bond acceptors (Lipinski definition) is 5. The van der Waals surface area contributed by atoms with Gasteiger partial charge >= 0.3 is 0 Å². The number of nitrogens with one attached hydrogen (secondary N) is 2. The summed E-state index contributed by atoms with van der Waals surface area (Å²) < 4.78 is 10.4. The third-order valence-corrected chi connectivity index (χ3v) is 4.52. The van der Waals surface area contributed by atoms with Crippen LogP contribution in [0, 0.1) is 0 Å². The molecule has 0 fully saturated rings. The minimum absolute atomic E-state index is 0.150. The zero-order valence-corrected chi connectivity index (χ0v) is 14.3. The fraction of sp³-hybridized carbons (Fsp3) is 0.222. The average Bonchev–Trinajstić information content (AvgIpc) is 3.12. The van der Waals surface area contributed by atoms with Crippen molar-refractivity contribution in [2.45, 2.75) is 6.42 Å². The van der Waals surface area contributed by atoms with Crippen molar-refractivity contribution in [1.29, 1.82) is 0 Å². The van der Waals surface area contributed by atoms with E-state index in [0.29, 0.717) is 17.1 Å². The van der Waals surface area contributed by atoms with Crippen LogP contribution < -0.4 is 20.3 Å². The zero-order valence-electron chi connectivity index (χ0n) is 13.5. The smallest absolute Gasteiger partial charge is 0.269 e. The van der Waals surface area contributed by atoms with E-state index < -0.39 is 5.91 Å². The molecule has 7 heteroatoms. The molecule has 6 nitrogen and oxygen atoms in total. The summed E-state index contributed by atoms with van der Waals surface area (Å²) in [6.07, 6.45) is 0.905. The third kappa shape index (κ3) is 4.90. The maximum Gasteiger partial charge on any atom is 0.269 e. The molecule has 0 bridgehead atoms. The van der Waals surface area contributed by atoms with Crippen molar-refractivity contribution in [3.63, 3.8) is 0 Å². The minimum Gasteiger partial charge on any atom is -0.454 e. The molecule has 0 spiro atoms. The second-order valence-electron chi connectivity index (χ2n) is 5.36. The van der Waals surface area contributed by atoms with E-state index in [4.69, 9.17) is 9.47 Å². The van der Waals surface area contributed by atoms with Crippen LogP contribution in [-0.4, -0.2) is 30.1 Å². The van der Waals surface area contributed by atoms with Crippen LogP contribution in [0.3, 0.4) is 0 Å². The monoisotopic (exact) mass is 358 g/mol. The summed E-state index contributed by atoms with van der Waals surface area (Å²) in [4.78, 5) is 23.8. The van der Waals surface area contributed by atoms with E-state index in [-0.39, 0.29) is 18.5 Å². The van der Waals surface area contributed by atoms with E-state index in [1.54, 1.807) is 18.2 Å². The van der Waals surface area contributed by atoms with Crippen LogP contribution in [0.1, 0.15) is 15.9 Å². The molecular weight excluding hydrogens is 340 g/mol. The van der Waals surface area contributed by atoms with Crippen molar-refractivity contribution in [2.24, 2.45) is 0 Å². The molecule has 3 rings (SSSR count). The van der Waals surface area contributed by atoms with Gasteiger partial charge in [0.1, 0.15) is 0 Å². The van der Waals surface area contributed by atoms with Gasteiger partial charge in [-0.2, -0.15) is 11.8 Å². The molecular formula is C18H18N2O4S. The molecule has 130 valence electrons. The Labute approximate surface area is 149 Å². The van der Waals surface area contributed by atoms with Crippen LogP contribution in [0.5, 0.6) is 11.5 Å². The highest BCUT2D eigenvalue weighted by Crippen LogP contribution is 2.32. The number of thioether (sulfide) groups is 1. The van der Waals surface area contributed by atoms with Gasteiger partial charge in [0.15, 0.2) is 11.5 Å². The topological polar surface area (TPSA) is 76.7 Å². The van der Waals surface area contributed by atoms with Crippen LogP contribution in [0.25, 0.3) is 0 Å². The molecule has 1 aliphatic heterocycles. The number of aryl methyl sites for hydroxylation is 1. The molecule has 2 aromatic carbocycles. The van der Waals surface area contributed by atoms with Crippen molar-refractivity contribution < 1.29 is 19.1 Å². The highest BCUT2D eigenvalue weighted by Gasteiger charge is 2.16. The molecule has 1 aliphatic rings.